The largest absolute Gasteiger partial charge is 0.467 e. The fourth-order valence-electron chi connectivity index (χ4n) is 1.98. The van der Waals surface area contributed by atoms with Crippen LogP contribution in [0.25, 0.3) is 0 Å². The van der Waals surface area contributed by atoms with Gasteiger partial charge in [0.25, 0.3) is 0 Å². The maximum absolute atomic E-state index is 11.6. The van der Waals surface area contributed by atoms with Gasteiger partial charge in [0.2, 0.25) is 0 Å². The van der Waals surface area contributed by atoms with E-state index in [1.165, 1.54) is 13.3 Å². The number of piperazine rings is 1. The topological polar surface area (TPSA) is 67.8 Å². The fraction of sp³-hybridized carbons (Fsp3) is 0.583. The van der Waals surface area contributed by atoms with Gasteiger partial charge in [-0.15, -0.1) is 0 Å². The van der Waals surface area contributed by atoms with Crippen molar-refractivity contribution in [1.82, 2.24) is 14.9 Å². The van der Waals surface area contributed by atoms with Crippen molar-refractivity contribution < 1.29 is 14.3 Å². The Labute approximate surface area is 122 Å². The quantitative estimate of drug-likeness (QED) is 0.841. The summed E-state index contributed by atoms with van der Waals surface area (Å²) in [6.45, 7) is 4.59. The molecule has 2 rings (SSSR count). The van der Waals surface area contributed by atoms with Gasteiger partial charge < -0.3 is 19.3 Å². The number of hydrogen-bond donors (Lipinski definition) is 0. The van der Waals surface area contributed by atoms with E-state index in [1.54, 1.807) is 11.8 Å². The lowest BCUT2D eigenvalue weighted by atomic mass is 10.3. The maximum atomic E-state index is 11.6. The molecule has 0 bridgehead atoms. The molecule has 1 aliphatic heterocycles. The Morgan fingerprint density at radius 3 is 2.70 bits per heavy atom. The van der Waals surface area contributed by atoms with Gasteiger partial charge in [0.05, 0.1) is 19.9 Å². The maximum Gasteiger partial charge on any atom is 0.409 e. The molecule has 1 amide bonds. The van der Waals surface area contributed by atoms with Crippen molar-refractivity contribution in [3.8, 4) is 6.01 Å². The van der Waals surface area contributed by atoms with Crippen molar-refractivity contribution in [1.29, 1.82) is 0 Å². The van der Waals surface area contributed by atoms with E-state index >= 15 is 0 Å². The number of methoxy groups -OCH3 is 1. The van der Waals surface area contributed by atoms with Crippen LogP contribution in [0.3, 0.4) is 0 Å². The van der Waals surface area contributed by atoms with Gasteiger partial charge in [-0.2, -0.15) is 4.98 Å². The van der Waals surface area contributed by atoms with Crippen LogP contribution in [0.1, 0.15) is 6.92 Å². The summed E-state index contributed by atoms with van der Waals surface area (Å²) in [4.78, 5) is 23.5. The zero-order valence-corrected chi connectivity index (χ0v) is 12.3. The van der Waals surface area contributed by atoms with E-state index in [9.17, 15) is 4.79 Å². The molecule has 1 aromatic heterocycles. The van der Waals surface area contributed by atoms with Gasteiger partial charge in [0.15, 0.2) is 5.82 Å². The first kappa shape index (κ1) is 14.6. The van der Waals surface area contributed by atoms with Crippen LogP contribution in [-0.2, 0) is 4.74 Å². The van der Waals surface area contributed by atoms with Crippen molar-refractivity contribution >= 4 is 23.5 Å². The number of amides is 1. The van der Waals surface area contributed by atoms with E-state index in [0.29, 0.717) is 43.6 Å². The number of ether oxygens (including phenoxy) is 2. The summed E-state index contributed by atoms with van der Waals surface area (Å²) in [5.74, 6) is 0.627. The highest BCUT2D eigenvalue weighted by Gasteiger charge is 2.24. The summed E-state index contributed by atoms with van der Waals surface area (Å²) in [7, 11) is 1.51. The molecule has 1 fully saturated rings. The fourth-order valence-corrected chi connectivity index (χ4v) is 2.19. The number of hydrogen-bond acceptors (Lipinski definition) is 6. The van der Waals surface area contributed by atoms with Gasteiger partial charge in [0, 0.05) is 26.2 Å². The minimum atomic E-state index is -0.279. The van der Waals surface area contributed by atoms with Crippen molar-refractivity contribution in [3.63, 3.8) is 0 Å². The van der Waals surface area contributed by atoms with E-state index in [0.717, 1.165) is 0 Å². The smallest absolute Gasteiger partial charge is 0.409 e. The van der Waals surface area contributed by atoms with Crippen LogP contribution in [-0.4, -0.2) is 60.9 Å². The summed E-state index contributed by atoms with van der Waals surface area (Å²) < 4.78 is 9.98. The molecule has 1 saturated heterocycles. The molecule has 0 spiro atoms. The Bertz CT molecular complexity index is 478. The number of nitrogens with zero attached hydrogens (tertiary/aromatic N) is 4. The second-order valence-corrected chi connectivity index (χ2v) is 4.61. The number of rotatable bonds is 3. The molecule has 0 aliphatic carbocycles. The normalized spacial score (nSPS) is 15.2. The van der Waals surface area contributed by atoms with Crippen LogP contribution >= 0.6 is 11.6 Å². The number of carbonyl (C=O) groups excluding carboxylic acids is 1. The van der Waals surface area contributed by atoms with Gasteiger partial charge in [-0.05, 0) is 6.92 Å². The summed E-state index contributed by atoms with van der Waals surface area (Å²) >= 11 is 6.11. The Hall–Kier alpha value is -1.76. The Morgan fingerprint density at radius 1 is 1.40 bits per heavy atom. The van der Waals surface area contributed by atoms with Gasteiger partial charge >= 0.3 is 12.1 Å². The molecule has 8 heteroatoms. The van der Waals surface area contributed by atoms with Crippen LogP contribution in [0.15, 0.2) is 6.20 Å². The highest BCUT2D eigenvalue weighted by Crippen LogP contribution is 2.25. The first-order valence-corrected chi connectivity index (χ1v) is 6.76. The van der Waals surface area contributed by atoms with Crippen molar-refractivity contribution in [3.05, 3.63) is 11.2 Å². The number of carbonyl (C=O) groups is 1. The first-order valence-electron chi connectivity index (χ1n) is 6.39. The molecular weight excluding hydrogens is 284 g/mol. The van der Waals surface area contributed by atoms with Crippen molar-refractivity contribution in [2.45, 2.75) is 6.92 Å². The monoisotopic (exact) mass is 300 g/mol. The highest BCUT2D eigenvalue weighted by molar-refractivity contribution is 6.32. The molecule has 0 N–H and O–H groups in total. The molecule has 20 heavy (non-hydrogen) atoms. The Morgan fingerprint density at radius 2 is 2.10 bits per heavy atom. The van der Waals surface area contributed by atoms with E-state index in [-0.39, 0.29) is 12.1 Å². The average molecular weight is 301 g/mol. The zero-order chi connectivity index (χ0) is 14.5. The Kier molecular flexibility index (Phi) is 4.84. The second kappa shape index (κ2) is 6.60. The average Bonchev–Trinajstić information content (AvgIpc) is 2.48. The summed E-state index contributed by atoms with van der Waals surface area (Å²) in [5.41, 5.74) is 0. The molecule has 0 radical (unpaired) electrons. The Balaban J connectivity index is 2.02. The standard InChI is InChI=1S/C12H17ClN4O3/c1-3-20-12(18)17-6-4-16(5-7-17)10-9(13)8-14-11(15-10)19-2/h8H,3-7H2,1-2H3. The third kappa shape index (κ3) is 3.22. The lowest BCUT2D eigenvalue weighted by Crippen LogP contribution is -2.49. The predicted octanol–water partition coefficient (Wildman–Crippen LogP) is 1.42. The molecule has 0 aromatic carbocycles. The van der Waals surface area contributed by atoms with Gasteiger partial charge in [-0.25, -0.2) is 9.78 Å². The van der Waals surface area contributed by atoms with Crippen LogP contribution in [0.5, 0.6) is 6.01 Å². The third-order valence-electron chi connectivity index (χ3n) is 2.99. The molecule has 2 heterocycles. The minimum absolute atomic E-state index is 0.275. The molecule has 110 valence electrons. The van der Waals surface area contributed by atoms with Crippen LogP contribution in [0.2, 0.25) is 5.02 Å². The predicted molar refractivity (Wildman–Crippen MR) is 74.4 cm³/mol. The third-order valence-corrected chi connectivity index (χ3v) is 3.26. The van der Waals surface area contributed by atoms with E-state index < -0.39 is 0 Å². The van der Waals surface area contributed by atoms with E-state index in [4.69, 9.17) is 21.1 Å². The van der Waals surface area contributed by atoms with Crippen molar-refractivity contribution in [2.75, 3.05) is 44.8 Å². The minimum Gasteiger partial charge on any atom is -0.467 e. The molecular formula is C12H17ClN4O3. The summed E-state index contributed by atoms with van der Waals surface area (Å²) in [6.07, 6.45) is 1.24. The lowest BCUT2D eigenvalue weighted by Gasteiger charge is -2.34. The van der Waals surface area contributed by atoms with Crippen LogP contribution in [0.4, 0.5) is 10.6 Å². The van der Waals surface area contributed by atoms with Crippen LogP contribution in [0, 0.1) is 0 Å². The van der Waals surface area contributed by atoms with E-state index in [1.807, 2.05) is 4.90 Å². The number of halogens is 1. The summed E-state index contributed by atoms with van der Waals surface area (Å²) in [5, 5.41) is 0.468. The van der Waals surface area contributed by atoms with E-state index in [2.05, 4.69) is 9.97 Å². The molecule has 1 aromatic rings. The van der Waals surface area contributed by atoms with Crippen LogP contribution < -0.4 is 9.64 Å². The van der Waals surface area contributed by atoms with Gasteiger partial charge in [-0.3, -0.25) is 0 Å². The molecule has 7 nitrogen and oxygen atoms in total. The second-order valence-electron chi connectivity index (χ2n) is 4.20. The lowest BCUT2D eigenvalue weighted by molar-refractivity contribution is 0.105. The van der Waals surface area contributed by atoms with Gasteiger partial charge in [-0.1, -0.05) is 11.6 Å². The summed E-state index contributed by atoms with van der Waals surface area (Å²) in [6, 6.07) is 0.275. The first-order chi connectivity index (χ1) is 9.65. The van der Waals surface area contributed by atoms with Gasteiger partial charge in [0.1, 0.15) is 5.02 Å². The number of aromatic nitrogens is 2. The molecule has 0 saturated carbocycles. The molecule has 1 aliphatic rings. The molecule has 0 atom stereocenters. The zero-order valence-electron chi connectivity index (χ0n) is 11.5. The highest BCUT2D eigenvalue weighted by atomic mass is 35.5. The molecule has 0 unspecified atom stereocenters. The van der Waals surface area contributed by atoms with Crippen molar-refractivity contribution in [2.24, 2.45) is 0 Å². The number of anilines is 1. The SMILES string of the molecule is CCOC(=O)N1CCN(c2nc(OC)ncc2Cl)CC1.